The van der Waals surface area contributed by atoms with Crippen molar-refractivity contribution in [3.63, 3.8) is 0 Å². The van der Waals surface area contributed by atoms with E-state index in [1.807, 2.05) is 0 Å². The molecule has 0 aliphatic carbocycles. The average Bonchev–Trinajstić information content (AvgIpc) is 3.15. The van der Waals surface area contributed by atoms with E-state index in [1.54, 1.807) is 18.5 Å². The number of hydrogen-bond donors (Lipinski definition) is 1. The van der Waals surface area contributed by atoms with Gasteiger partial charge in [-0.3, -0.25) is 4.79 Å². The lowest BCUT2D eigenvalue weighted by Crippen LogP contribution is -2.25. The van der Waals surface area contributed by atoms with Crippen LogP contribution in [0.25, 0.3) is 5.95 Å². The van der Waals surface area contributed by atoms with Gasteiger partial charge in [-0.05, 0) is 24.3 Å². The van der Waals surface area contributed by atoms with E-state index in [1.165, 1.54) is 36.1 Å². The van der Waals surface area contributed by atoms with Crippen LogP contribution >= 0.6 is 11.6 Å². The highest BCUT2D eigenvalue weighted by atomic mass is 35.5. The zero-order chi connectivity index (χ0) is 19.4. The Hall–Kier alpha value is -2.85. The van der Waals surface area contributed by atoms with Crippen LogP contribution in [0.2, 0.25) is 5.02 Å². The van der Waals surface area contributed by atoms with Crippen LogP contribution in [0, 0.1) is 0 Å². The SMILES string of the molecule is CCS(=O)(=O)c1cc(Cl)cc(C(=O)NCc2ncnn2-c2ncccn2)c1. The molecule has 3 aromatic rings. The number of aromatic nitrogens is 5. The molecule has 9 nitrogen and oxygen atoms in total. The number of carbonyl (C=O) groups is 1. The van der Waals surface area contributed by atoms with Gasteiger partial charge in [-0.2, -0.15) is 9.78 Å². The quantitative estimate of drug-likeness (QED) is 0.657. The number of carbonyl (C=O) groups excluding carboxylic acids is 1. The van der Waals surface area contributed by atoms with Gasteiger partial charge in [-0.25, -0.2) is 23.4 Å². The maximum absolute atomic E-state index is 12.5. The van der Waals surface area contributed by atoms with Crippen LogP contribution in [0.1, 0.15) is 23.1 Å². The summed E-state index contributed by atoms with van der Waals surface area (Å²) in [5.74, 6) is 0.152. The number of hydrogen-bond acceptors (Lipinski definition) is 7. The standard InChI is InChI=1S/C16H15ClN6O3S/c1-2-27(25,26)13-7-11(6-12(17)8-13)15(24)20-9-14-21-10-22-23(14)16-18-4-3-5-19-16/h3-8,10H,2,9H2,1H3,(H,20,24). The van der Waals surface area contributed by atoms with E-state index < -0.39 is 15.7 Å². The molecule has 27 heavy (non-hydrogen) atoms. The molecule has 140 valence electrons. The lowest BCUT2D eigenvalue weighted by molar-refractivity contribution is 0.0949. The Balaban J connectivity index is 1.79. The maximum atomic E-state index is 12.5. The minimum atomic E-state index is -3.49. The molecule has 0 saturated heterocycles. The molecule has 1 amide bonds. The van der Waals surface area contributed by atoms with Gasteiger partial charge in [-0.1, -0.05) is 18.5 Å². The monoisotopic (exact) mass is 406 g/mol. The van der Waals surface area contributed by atoms with Crippen LogP contribution < -0.4 is 5.32 Å². The molecule has 11 heteroatoms. The van der Waals surface area contributed by atoms with Gasteiger partial charge in [0.15, 0.2) is 15.7 Å². The van der Waals surface area contributed by atoms with Crippen molar-refractivity contribution in [3.8, 4) is 5.95 Å². The van der Waals surface area contributed by atoms with Crippen molar-refractivity contribution in [1.82, 2.24) is 30.0 Å². The molecule has 0 radical (unpaired) electrons. The number of nitrogens with one attached hydrogen (secondary N) is 1. The first-order valence-corrected chi connectivity index (χ1v) is 9.91. The molecule has 0 aliphatic heterocycles. The summed E-state index contributed by atoms with van der Waals surface area (Å²) in [4.78, 5) is 24.7. The summed E-state index contributed by atoms with van der Waals surface area (Å²) in [7, 11) is -3.49. The minimum Gasteiger partial charge on any atom is -0.345 e. The summed E-state index contributed by atoms with van der Waals surface area (Å²) in [6, 6.07) is 5.69. The second-order valence-corrected chi connectivity index (χ2v) is 8.11. The third-order valence-corrected chi connectivity index (χ3v) is 5.57. The fourth-order valence-corrected chi connectivity index (χ4v) is 3.50. The summed E-state index contributed by atoms with van der Waals surface area (Å²) < 4.78 is 25.5. The Labute approximate surface area is 160 Å². The van der Waals surface area contributed by atoms with Gasteiger partial charge in [0.05, 0.1) is 17.2 Å². The molecule has 1 N–H and O–H groups in total. The van der Waals surface area contributed by atoms with Crippen molar-refractivity contribution >= 4 is 27.3 Å². The van der Waals surface area contributed by atoms with Crippen LogP contribution in [0.15, 0.2) is 47.9 Å². The lowest BCUT2D eigenvalue weighted by atomic mass is 10.2. The van der Waals surface area contributed by atoms with Gasteiger partial charge >= 0.3 is 0 Å². The fourth-order valence-electron chi connectivity index (χ4n) is 2.26. The Kier molecular flexibility index (Phi) is 5.47. The summed E-state index contributed by atoms with van der Waals surface area (Å²) in [5.41, 5.74) is 0.136. The van der Waals surface area contributed by atoms with Crippen molar-refractivity contribution < 1.29 is 13.2 Å². The number of nitrogens with zero attached hydrogens (tertiary/aromatic N) is 5. The van der Waals surface area contributed by atoms with Crippen LogP contribution in [0.4, 0.5) is 0 Å². The van der Waals surface area contributed by atoms with Crippen molar-refractivity contribution in [2.75, 3.05) is 5.75 Å². The highest BCUT2D eigenvalue weighted by molar-refractivity contribution is 7.91. The second-order valence-electron chi connectivity index (χ2n) is 5.40. The average molecular weight is 407 g/mol. The Morgan fingerprint density at radius 3 is 2.63 bits per heavy atom. The minimum absolute atomic E-state index is 0.00324. The summed E-state index contributed by atoms with van der Waals surface area (Å²) >= 11 is 5.97. The molecular weight excluding hydrogens is 392 g/mol. The van der Waals surface area contributed by atoms with Crippen molar-refractivity contribution in [2.24, 2.45) is 0 Å². The van der Waals surface area contributed by atoms with Gasteiger partial charge in [0.1, 0.15) is 6.33 Å². The van der Waals surface area contributed by atoms with Crippen LogP contribution in [-0.2, 0) is 16.4 Å². The highest BCUT2D eigenvalue weighted by Crippen LogP contribution is 2.20. The van der Waals surface area contributed by atoms with Gasteiger partial charge in [0, 0.05) is 23.0 Å². The van der Waals surface area contributed by atoms with Gasteiger partial charge < -0.3 is 5.32 Å². The molecule has 0 unspecified atom stereocenters. The van der Waals surface area contributed by atoms with Crippen molar-refractivity contribution in [3.05, 3.63) is 59.4 Å². The smallest absolute Gasteiger partial charge is 0.252 e. The summed E-state index contributed by atoms with van der Waals surface area (Å²) in [6.45, 7) is 1.56. The Bertz CT molecular complexity index is 1070. The van der Waals surface area contributed by atoms with Gasteiger partial charge in [0.2, 0.25) is 0 Å². The first-order valence-electron chi connectivity index (χ1n) is 7.88. The van der Waals surface area contributed by atoms with Crippen LogP contribution in [0.3, 0.4) is 0 Å². The number of amides is 1. The number of sulfone groups is 1. The normalized spacial score (nSPS) is 11.3. The third kappa shape index (κ3) is 4.29. The van der Waals surface area contributed by atoms with E-state index in [9.17, 15) is 13.2 Å². The van der Waals surface area contributed by atoms with E-state index in [0.29, 0.717) is 11.8 Å². The lowest BCUT2D eigenvalue weighted by Gasteiger charge is -2.08. The molecule has 0 aliphatic rings. The molecule has 0 atom stereocenters. The Morgan fingerprint density at radius 1 is 1.19 bits per heavy atom. The number of benzene rings is 1. The summed E-state index contributed by atoms with van der Waals surface area (Å²) in [6.07, 6.45) is 4.45. The van der Waals surface area contributed by atoms with E-state index in [4.69, 9.17) is 11.6 Å². The predicted molar refractivity (Wildman–Crippen MR) is 97.3 cm³/mol. The molecule has 1 aromatic carbocycles. The van der Waals surface area contributed by atoms with Gasteiger partial charge in [-0.15, -0.1) is 0 Å². The van der Waals surface area contributed by atoms with Crippen LogP contribution in [0.5, 0.6) is 0 Å². The zero-order valence-corrected chi connectivity index (χ0v) is 15.8. The van der Waals surface area contributed by atoms with Crippen molar-refractivity contribution in [2.45, 2.75) is 18.4 Å². The van der Waals surface area contributed by atoms with E-state index >= 15 is 0 Å². The first-order chi connectivity index (χ1) is 12.9. The topological polar surface area (TPSA) is 120 Å². The third-order valence-electron chi connectivity index (χ3n) is 3.64. The number of halogens is 1. The van der Waals surface area contributed by atoms with E-state index in [0.717, 1.165) is 0 Å². The first kappa shape index (κ1) is 18.9. The number of rotatable bonds is 6. The summed E-state index contributed by atoms with van der Waals surface area (Å²) in [5, 5.41) is 6.86. The molecular formula is C16H15ClN6O3S. The molecule has 0 bridgehead atoms. The van der Waals surface area contributed by atoms with E-state index in [-0.39, 0.29) is 27.8 Å². The molecule has 0 spiro atoms. The van der Waals surface area contributed by atoms with Gasteiger partial charge in [0.25, 0.3) is 11.9 Å². The predicted octanol–water partition coefficient (Wildman–Crippen LogP) is 1.43. The largest absolute Gasteiger partial charge is 0.345 e. The molecule has 0 saturated carbocycles. The van der Waals surface area contributed by atoms with Crippen molar-refractivity contribution in [1.29, 1.82) is 0 Å². The molecule has 0 fully saturated rings. The second kappa shape index (κ2) is 7.80. The highest BCUT2D eigenvalue weighted by Gasteiger charge is 2.17. The fraction of sp³-hybridized carbons (Fsp3) is 0.188. The molecule has 3 rings (SSSR count). The van der Waals surface area contributed by atoms with Crippen LogP contribution in [-0.4, -0.2) is 44.8 Å². The Morgan fingerprint density at radius 2 is 1.93 bits per heavy atom. The molecule has 2 heterocycles. The molecule has 2 aromatic heterocycles. The van der Waals surface area contributed by atoms with E-state index in [2.05, 4.69) is 25.4 Å². The maximum Gasteiger partial charge on any atom is 0.252 e. The zero-order valence-electron chi connectivity index (χ0n) is 14.2.